The third-order valence-corrected chi connectivity index (χ3v) is 1.18. The molecule has 54 valence electrons. The number of hydrogen-bond donors (Lipinski definition) is 0. The Morgan fingerprint density at radius 1 is 1.40 bits per heavy atom. The van der Waals surface area contributed by atoms with Gasteiger partial charge in [-0.1, -0.05) is 13.3 Å². The summed E-state index contributed by atoms with van der Waals surface area (Å²) in [4.78, 5) is 1.46. The Balaban J connectivity index is 3.45. The molecule has 0 aliphatic rings. The molecule has 0 spiro atoms. The lowest BCUT2D eigenvalue weighted by Crippen LogP contribution is -2.18. The van der Waals surface area contributed by atoms with Crippen LogP contribution in [-0.2, 0) is 0 Å². The summed E-state index contributed by atoms with van der Waals surface area (Å²) in [5.41, 5.74) is 0. The molecule has 0 unspecified atom stereocenters. The topological polar surface area (TPSA) is 50.8 Å². The maximum absolute atomic E-state index is 8.41. The lowest BCUT2D eigenvalue weighted by molar-refractivity contribution is 0.424. The van der Waals surface area contributed by atoms with Gasteiger partial charge in [0.25, 0.3) is 0 Å². The van der Waals surface area contributed by atoms with Gasteiger partial charge >= 0.3 is 0 Å². The largest absolute Gasteiger partial charge is 0.296 e. The Bertz CT molecular complexity index is 151. The minimum atomic E-state index is 0.219. The van der Waals surface area contributed by atoms with Gasteiger partial charge in [0.15, 0.2) is 6.19 Å². The highest BCUT2D eigenvalue weighted by Crippen LogP contribution is 1.91. The molecule has 0 bridgehead atoms. The minimum absolute atomic E-state index is 0.219. The highest BCUT2D eigenvalue weighted by atomic mass is 15.1. The molecule has 0 aromatic rings. The van der Waals surface area contributed by atoms with E-state index in [1.165, 1.54) is 4.90 Å². The first kappa shape index (κ1) is 8.78. The molecule has 0 aromatic heterocycles. The molecule has 0 radical (unpaired) electrons. The van der Waals surface area contributed by atoms with Crippen molar-refractivity contribution in [2.75, 3.05) is 13.1 Å². The van der Waals surface area contributed by atoms with Crippen LogP contribution >= 0.6 is 0 Å². The minimum Gasteiger partial charge on any atom is -0.296 e. The molecular formula is C7H11N3. The zero-order valence-corrected chi connectivity index (χ0v) is 6.17. The average molecular weight is 137 g/mol. The van der Waals surface area contributed by atoms with Crippen LogP contribution in [0, 0.1) is 22.8 Å². The lowest BCUT2D eigenvalue weighted by atomic mass is 10.3. The fourth-order valence-electron chi connectivity index (χ4n) is 0.599. The Morgan fingerprint density at radius 3 is 2.50 bits per heavy atom. The predicted molar refractivity (Wildman–Crippen MR) is 37.7 cm³/mol. The normalized spacial score (nSPS) is 7.90. The third kappa shape index (κ3) is 3.74. The summed E-state index contributed by atoms with van der Waals surface area (Å²) in [6.07, 6.45) is 3.99. The highest BCUT2D eigenvalue weighted by molar-refractivity contribution is 4.83. The number of hydrogen-bond acceptors (Lipinski definition) is 3. The van der Waals surface area contributed by atoms with Crippen molar-refractivity contribution < 1.29 is 0 Å². The van der Waals surface area contributed by atoms with Crippen LogP contribution in [0.2, 0.25) is 0 Å². The zero-order valence-electron chi connectivity index (χ0n) is 6.17. The van der Waals surface area contributed by atoms with E-state index in [1.54, 1.807) is 0 Å². The Kier molecular flexibility index (Phi) is 5.19. The number of nitrogens with zero attached hydrogens (tertiary/aromatic N) is 3. The smallest absolute Gasteiger partial charge is 0.180 e. The van der Waals surface area contributed by atoms with Crippen LogP contribution < -0.4 is 0 Å². The molecule has 3 nitrogen and oxygen atoms in total. The highest BCUT2D eigenvalue weighted by Gasteiger charge is 1.96. The van der Waals surface area contributed by atoms with Crippen molar-refractivity contribution in [2.45, 2.75) is 19.8 Å². The summed E-state index contributed by atoms with van der Waals surface area (Å²) in [6.45, 7) is 2.99. The van der Waals surface area contributed by atoms with Crippen LogP contribution in [0.25, 0.3) is 0 Å². The summed E-state index contributed by atoms with van der Waals surface area (Å²) >= 11 is 0. The molecule has 0 aromatic carbocycles. The van der Waals surface area contributed by atoms with Crippen molar-refractivity contribution in [1.29, 1.82) is 10.5 Å². The fourth-order valence-corrected chi connectivity index (χ4v) is 0.599. The van der Waals surface area contributed by atoms with Crippen molar-refractivity contribution in [1.82, 2.24) is 4.90 Å². The third-order valence-electron chi connectivity index (χ3n) is 1.18. The zero-order chi connectivity index (χ0) is 7.82. The molecule has 10 heavy (non-hydrogen) atoms. The molecule has 0 rings (SSSR count). The monoisotopic (exact) mass is 137 g/mol. The maximum Gasteiger partial charge on any atom is 0.180 e. The van der Waals surface area contributed by atoms with Crippen LogP contribution in [0.4, 0.5) is 0 Å². The van der Waals surface area contributed by atoms with Gasteiger partial charge in [0.2, 0.25) is 0 Å². The van der Waals surface area contributed by atoms with E-state index in [1.807, 2.05) is 12.3 Å². The molecule has 0 fully saturated rings. The van der Waals surface area contributed by atoms with E-state index >= 15 is 0 Å². The van der Waals surface area contributed by atoms with Gasteiger partial charge < -0.3 is 0 Å². The fraction of sp³-hybridized carbons (Fsp3) is 0.714. The van der Waals surface area contributed by atoms with E-state index in [9.17, 15) is 0 Å². The maximum atomic E-state index is 8.41. The second-order valence-corrected chi connectivity index (χ2v) is 2.03. The van der Waals surface area contributed by atoms with Gasteiger partial charge in [-0.25, -0.2) is 0 Å². The molecule has 0 N–H and O–H groups in total. The van der Waals surface area contributed by atoms with Gasteiger partial charge in [0.1, 0.15) is 6.54 Å². The summed E-state index contributed by atoms with van der Waals surface area (Å²) in [5.74, 6) is 0. The Morgan fingerprint density at radius 2 is 2.10 bits per heavy atom. The summed E-state index contributed by atoms with van der Waals surface area (Å²) in [5, 5.41) is 16.6. The van der Waals surface area contributed by atoms with Crippen LogP contribution in [0.3, 0.4) is 0 Å². The summed E-state index contributed by atoms with van der Waals surface area (Å²) in [6, 6.07) is 1.93. The van der Waals surface area contributed by atoms with Crippen LogP contribution in [0.5, 0.6) is 0 Å². The van der Waals surface area contributed by atoms with Crippen molar-refractivity contribution in [3.63, 3.8) is 0 Å². The second kappa shape index (κ2) is 5.91. The summed E-state index contributed by atoms with van der Waals surface area (Å²) < 4.78 is 0. The standard InChI is InChI=1S/C7H11N3/c1-2-3-5-10(7-9)6-4-8/h2-3,5-6H2,1H3. The van der Waals surface area contributed by atoms with Crippen molar-refractivity contribution in [3.05, 3.63) is 0 Å². The average Bonchev–Trinajstić information content (AvgIpc) is 1.98. The first-order valence-corrected chi connectivity index (χ1v) is 3.36. The molecular weight excluding hydrogens is 126 g/mol. The van der Waals surface area contributed by atoms with E-state index in [2.05, 4.69) is 6.92 Å². The van der Waals surface area contributed by atoms with E-state index < -0.39 is 0 Å². The quantitative estimate of drug-likeness (QED) is 0.331. The van der Waals surface area contributed by atoms with Gasteiger partial charge in [-0.3, -0.25) is 4.90 Å². The molecule has 0 amide bonds. The summed E-state index contributed by atoms with van der Waals surface area (Å²) in [7, 11) is 0. The van der Waals surface area contributed by atoms with Crippen LogP contribution in [0.15, 0.2) is 0 Å². The van der Waals surface area contributed by atoms with Gasteiger partial charge in [0.05, 0.1) is 6.07 Å². The molecule has 0 saturated carbocycles. The van der Waals surface area contributed by atoms with E-state index in [4.69, 9.17) is 10.5 Å². The van der Waals surface area contributed by atoms with E-state index in [0.29, 0.717) is 6.54 Å². The molecule has 0 aliphatic heterocycles. The van der Waals surface area contributed by atoms with Crippen LogP contribution in [-0.4, -0.2) is 18.0 Å². The first-order chi connectivity index (χ1) is 4.85. The van der Waals surface area contributed by atoms with Crippen molar-refractivity contribution >= 4 is 0 Å². The number of nitriles is 2. The van der Waals surface area contributed by atoms with Crippen molar-refractivity contribution in [3.8, 4) is 12.3 Å². The Labute approximate surface area is 61.5 Å². The predicted octanol–water partition coefficient (Wildman–Crippen LogP) is 1.09. The second-order valence-electron chi connectivity index (χ2n) is 2.03. The molecule has 0 heterocycles. The van der Waals surface area contributed by atoms with Gasteiger partial charge in [-0.15, -0.1) is 0 Å². The molecule has 0 aliphatic carbocycles. The van der Waals surface area contributed by atoms with E-state index in [0.717, 1.165) is 12.8 Å². The lowest BCUT2D eigenvalue weighted by Gasteiger charge is -2.08. The van der Waals surface area contributed by atoms with Crippen LogP contribution in [0.1, 0.15) is 19.8 Å². The van der Waals surface area contributed by atoms with Gasteiger partial charge in [-0.05, 0) is 6.42 Å². The van der Waals surface area contributed by atoms with Crippen molar-refractivity contribution in [2.24, 2.45) is 0 Å². The molecule has 0 atom stereocenters. The molecule has 0 saturated heterocycles. The SMILES string of the molecule is CCCCN(C#N)CC#N. The molecule has 3 heteroatoms. The van der Waals surface area contributed by atoms with E-state index in [-0.39, 0.29) is 6.54 Å². The Hall–Kier alpha value is -1.22. The first-order valence-electron chi connectivity index (χ1n) is 3.36. The van der Waals surface area contributed by atoms with Gasteiger partial charge in [-0.2, -0.15) is 10.5 Å². The van der Waals surface area contributed by atoms with Gasteiger partial charge in [0, 0.05) is 6.54 Å². The number of unbranched alkanes of at least 4 members (excludes halogenated alkanes) is 1. The number of rotatable bonds is 4.